The largest absolute Gasteiger partial charge is 0.381 e. The molecule has 1 aliphatic heterocycles. The molecule has 1 heterocycles. The Labute approximate surface area is 118 Å². The number of anilines is 1. The number of nitrogens with one attached hydrogen (secondary N) is 1. The van der Waals surface area contributed by atoms with Crippen LogP contribution in [0.2, 0.25) is 0 Å². The fraction of sp³-hybridized carbons (Fsp3) is 0.600. The molecule has 3 heteroatoms. The minimum Gasteiger partial charge on any atom is -0.381 e. The van der Waals surface area contributed by atoms with Gasteiger partial charge in [-0.2, -0.15) is 0 Å². The predicted octanol–water partition coefficient (Wildman–Crippen LogP) is 4.52. The summed E-state index contributed by atoms with van der Waals surface area (Å²) in [6, 6.07) is 6.97. The summed E-state index contributed by atoms with van der Waals surface area (Å²) in [4.78, 5) is 0. The molecule has 0 bridgehead atoms. The minimum absolute atomic E-state index is 0.435. The van der Waals surface area contributed by atoms with Crippen LogP contribution in [-0.2, 0) is 4.74 Å². The second kappa shape index (κ2) is 6.58. The van der Waals surface area contributed by atoms with Gasteiger partial charge < -0.3 is 10.1 Å². The maximum absolute atomic E-state index is 5.79. The van der Waals surface area contributed by atoms with E-state index in [1.165, 1.54) is 24.1 Å². The van der Waals surface area contributed by atoms with Crippen LogP contribution in [0.25, 0.3) is 0 Å². The molecule has 0 aromatic heterocycles. The summed E-state index contributed by atoms with van der Waals surface area (Å²) in [6.07, 6.45) is 5.03. The molecular formula is C15H22BrNO. The molecule has 18 heavy (non-hydrogen) atoms. The van der Waals surface area contributed by atoms with E-state index in [9.17, 15) is 0 Å². The van der Waals surface area contributed by atoms with E-state index in [0.717, 1.165) is 23.9 Å². The third-order valence-corrected chi connectivity index (χ3v) is 4.15. The molecule has 1 aromatic carbocycles. The molecule has 0 spiro atoms. The van der Waals surface area contributed by atoms with Crippen molar-refractivity contribution in [2.75, 3.05) is 11.9 Å². The summed E-state index contributed by atoms with van der Waals surface area (Å²) in [5, 5.41) is 3.65. The van der Waals surface area contributed by atoms with Crippen LogP contribution in [0.5, 0.6) is 0 Å². The normalized spacial score (nSPS) is 23.9. The van der Waals surface area contributed by atoms with Gasteiger partial charge in [0.25, 0.3) is 0 Å². The van der Waals surface area contributed by atoms with Gasteiger partial charge in [-0.3, -0.25) is 0 Å². The lowest BCUT2D eigenvalue weighted by Crippen LogP contribution is -2.34. The molecule has 0 amide bonds. The molecule has 0 aliphatic carbocycles. The quantitative estimate of drug-likeness (QED) is 0.883. The maximum Gasteiger partial charge on any atom is 0.0594 e. The van der Waals surface area contributed by atoms with E-state index >= 15 is 0 Å². The number of hydrogen-bond acceptors (Lipinski definition) is 2. The van der Waals surface area contributed by atoms with Gasteiger partial charge in [0.2, 0.25) is 0 Å². The molecule has 1 fully saturated rings. The first-order chi connectivity index (χ1) is 8.69. The van der Waals surface area contributed by atoms with Gasteiger partial charge in [0.15, 0.2) is 0 Å². The molecule has 1 aromatic rings. The van der Waals surface area contributed by atoms with Gasteiger partial charge in [-0.15, -0.1) is 0 Å². The molecule has 0 saturated carbocycles. The van der Waals surface area contributed by atoms with Crippen molar-refractivity contribution in [3.63, 3.8) is 0 Å². The van der Waals surface area contributed by atoms with E-state index < -0.39 is 0 Å². The van der Waals surface area contributed by atoms with E-state index in [0.29, 0.717) is 12.1 Å². The van der Waals surface area contributed by atoms with Crippen molar-refractivity contribution in [3.8, 4) is 0 Å². The van der Waals surface area contributed by atoms with Gasteiger partial charge in [-0.25, -0.2) is 0 Å². The average Bonchev–Trinajstić information content (AvgIpc) is 2.35. The molecule has 2 atom stereocenters. The number of benzene rings is 1. The summed E-state index contributed by atoms with van der Waals surface area (Å²) in [5.74, 6) is 0. The Bertz CT molecular complexity index is 392. The van der Waals surface area contributed by atoms with Crippen LogP contribution in [-0.4, -0.2) is 18.8 Å². The molecule has 1 aliphatic rings. The third-order valence-electron chi connectivity index (χ3n) is 3.46. The highest BCUT2D eigenvalue weighted by Gasteiger charge is 2.22. The molecule has 1 saturated heterocycles. The molecule has 2 unspecified atom stereocenters. The van der Waals surface area contributed by atoms with Crippen LogP contribution in [0, 0.1) is 6.92 Å². The molecule has 2 nitrogen and oxygen atoms in total. The lowest BCUT2D eigenvalue weighted by Gasteiger charge is -2.31. The Morgan fingerprint density at radius 1 is 1.44 bits per heavy atom. The number of hydrogen-bond donors (Lipinski definition) is 1. The Hall–Kier alpha value is -0.540. The Morgan fingerprint density at radius 3 is 3.06 bits per heavy atom. The SMILES string of the molecule is CCCC1CC(Nc2cc(C)ccc2Br)CCO1. The fourth-order valence-corrected chi connectivity index (χ4v) is 2.87. The molecule has 1 N–H and O–H groups in total. The van der Waals surface area contributed by atoms with Crippen LogP contribution < -0.4 is 5.32 Å². The van der Waals surface area contributed by atoms with Crippen molar-refractivity contribution < 1.29 is 4.74 Å². The lowest BCUT2D eigenvalue weighted by atomic mass is 10.00. The smallest absolute Gasteiger partial charge is 0.0594 e. The monoisotopic (exact) mass is 311 g/mol. The fourth-order valence-electron chi connectivity index (χ4n) is 2.50. The van der Waals surface area contributed by atoms with Gasteiger partial charge >= 0.3 is 0 Å². The summed E-state index contributed by atoms with van der Waals surface area (Å²) >= 11 is 3.61. The summed E-state index contributed by atoms with van der Waals surface area (Å²) in [5.41, 5.74) is 2.50. The predicted molar refractivity (Wildman–Crippen MR) is 80.2 cm³/mol. The maximum atomic E-state index is 5.79. The van der Waals surface area contributed by atoms with Gasteiger partial charge in [-0.1, -0.05) is 19.4 Å². The Kier molecular flexibility index (Phi) is 5.07. The van der Waals surface area contributed by atoms with E-state index in [-0.39, 0.29) is 0 Å². The topological polar surface area (TPSA) is 21.3 Å². The highest BCUT2D eigenvalue weighted by Crippen LogP contribution is 2.27. The van der Waals surface area contributed by atoms with Crippen LogP contribution in [0.4, 0.5) is 5.69 Å². The van der Waals surface area contributed by atoms with E-state index in [2.05, 4.69) is 53.3 Å². The van der Waals surface area contributed by atoms with Gasteiger partial charge in [0.1, 0.15) is 0 Å². The van der Waals surface area contributed by atoms with E-state index in [4.69, 9.17) is 4.74 Å². The first-order valence-corrected chi connectivity index (χ1v) is 7.62. The zero-order valence-electron chi connectivity index (χ0n) is 11.2. The summed E-state index contributed by atoms with van der Waals surface area (Å²) < 4.78 is 6.93. The Balaban J connectivity index is 1.98. The molecule has 100 valence electrons. The lowest BCUT2D eigenvalue weighted by molar-refractivity contribution is 0.00597. The number of aryl methyl sites for hydroxylation is 1. The van der Waals surface area contributed by atoms with Crippen molar-refractivity contribution in [2.45, 2.75) is 51.7 Å². The number of ether oxygens (including phenoxy) is 1. The molecular weight excluding hydrogens is 290 g/mol. The Morgan fingerprint density at radius 2 is 2.28 bits per heavy atom. The van der Waals surface area contributed by atoms with E-state index in [1.807, 2.05) is 0 Å². The summed E-state index contributed by atoms with van der Waals surface area (Å²) in [6.45, 7) is 5.23. The van der Waals surface area contributed by atoms with E-state index in [1.54, 1.807) is 0 Å². The first-order valence-electron chi connectivity index (χ1n) is 6.83. The van der Waals surface area contributed by atoms with Crippen LogP contribution in [0.15, 0.2) is 22.7 Å². The number of rotatable bonds is 4. The van der Waals surface area contributed by atoms with Crippen molar-refractivity contribution in [3.05, 3.63) is 28.2 Å². The van der Waals surface area contributed by atoms with Crippen molar-refractivity contribution in [1.29, 1.82) is 0 Å². The van der Waals surface area contributed by atoms with Crippen molar-refractivity contribution in [2.24, 2.45) is 0 Å². The molecule has 0 radical (unpaired) electrons. The number of halogens is 1. The zero-order chi connectivity index (χ0) is 13.0. The van der Waals surface area contributed by atoms with Crippen LogP contribution in [0.1, 0.15) is 38.2 Å². The second-order valence-electron chi connectivity index (χ2n) is 5.13. The average molecular weight is 312 g/mol. The highest BCUT2D eigenvalue weighted by atomic mass is 79.9. The van der Waals surface area contributed by atoms with Gasteiger partial charge in [-0.05, 0) is 59.8 Å². The van der Waals surface area contributed by atoms with Crippen molar-refractivity contribution >= 4 is 21.6 Å². The second-order valence-corrected chi connectivity index (χ2v) is 5.98. The molecule has 2 rings (SSSR count). The highest BCUT2D eigenvalue weighted by molar-refractivity contribution is 9.10. The zero-order valence-corrected chi connectivity index (χ0v) is 12.8. The van der Waals surface area contributed by atoms with Gasteiger partial charge in [0.05, 0.1) is 6.10 Å². The van der Waals surface area contributed by atoms with Crippen LogP contribution in [0.3, 0.4) is 0 Å². The van der Waals surface area contributed by atoms with Crippen molar-refractivity contribution in [1.82, 2.24) is 0 Å². The first kappa shape index (κ1) is 13.9. The standard InChI is InChI=1S/C15H22BrNO/c1-3-4-13-10-12(7-8-18-13)17-15-9-11(2)5-6-14(15)16/h5-6,9,12-13,17H,3-4,7-8,10H2,1-2H3. The van der Waals surface area contributed by atoms with Gasteiger partial charge in [0, 0.05) is 22.8 Å². The minimum atomic E-state index is 0.435. The summed E-state index contributed by atoms with van der Waals surface area (Å²) in [7, 11) is 0. The van der Waals surface area contributed by atoms with Crippen LogP contribution >= 0.6 is 15.9 Å². The third kappa shape index (κ3) is 3.72.